The molecule has 0 saturated carbocycles. The van der Waals surface area contributed by atoms with Crippen LogP contribution in [-0.4, -0.2) is 38.1 Å². The zero-order valence-corrected chi connectivity index (χ0v) is 7.63. The third kappa shape index (κ3) is 1.90. The van der Waals surface area contributed by atoms with Crippen molar-refractivity contribution in [2.45, 2.75) is 0 Å². The number of nitrogens with one attached hydrogen (secondary N) is 1. The molecule has 1 heterocycles. The van der Waals surface area contributed by atoms with Crippen molar-refractivity contribution in [3.63, 3.8) is 0 Å². The lowest BCUT2D eigenvalue weighted by Crippen LogP contribution is -2.25. The van der Waals surface area contributed by atoms with E-state index >= 15 is 0 Å². The fraction of sp³-hybridized carbons (Fsp3) is 0.500. The number of rotatable bonds is 1. The molecule has 1 saturated heterocycles. The summed E-state index contributed by atoms with van der Waals surface area (Å²) >= 11 is 0. The van der Waals surface area contributed by atoms with Crippen LogP contribution in [0.25, 0.3) is 0 Å². The molecule has 0 aromatic carbocycles. The molecule has 1 N–H and O–H groups in total. The van der Waals surface area contributed by atoms with Gasteiger partial charge in [0.15, 0.2) is 5.57 Å². The first kappa shape index (κ1) is 9.39. The summed E-state index contributed by atoms with van der Waals surface area (Å²) in [7, 11) is 3.18. The second-order valence-electron chi connectivity index (χ2n) is 2.79. The van der Waals surface area contributed by atoms with Crippen molar-refractivity contribution in [3.8, 4) is 6.07 Å². The largest absolute Gasteiger partial charge is 0.476 e. The molecular weight excluding hydrogens is 170 g/mol. The Morgan fingerprint density at radius 2 is 2.38 bits per heavy atom. The fourth-order valence-electron chi connectivity index (χ4n) is 0.949. The van der Waals surface area contributed by atoms with E-state index in [2.05, 4.69) is 5.32 Å². The molecule has 13 heavy (non-hydrogen) atoms. The van der Waals surface area contributed by atoms with Gasteiger partial charge in [0.1, 0.15) is 12.7 Å². The maximum atomic E-state index is 11.4. The summed E-state index contributed by atoms with van der Waals surface area (Å²) in [6.07, 6.45) is 0. The Kier molecular flexibility index (Phi) is 2.75. The average molecular weight is 181 g/mol. The van der Waals surface area contributed by atoms with Crippen LogP contribution in [0.2, 0.25) is 0 Å². The number of amides is 1. The van der Waals surface area contributed by atoms with Gasteiger partial charge >= 0.3 is 0 Å². The summed E-state index contributed by atoms with van der Waals surface area (Å²) < 4.78 is 5.08. The normalized spacial score (nSPS) is 18.2. The van der Waals surface area contributed by atoms with Gasteiger partial charge in [0.2, 0.25) is 5.88 Å². The summed E-state index contributed by atoms with van der Waals surface area (Å²) in [5.41, 5.74) is 0.0301. The average Bonchev–Trinajstić information content (AvgIpc) is 2.58. The Morgan fingerprint density at radius 3 is 2.77 bits per heavy atom. The monoisotopic (exact) mass is 181 g/mol. The lowest BCUT2D eigenvalue weighted by Gasteiger charge is -2.09. The molecule has 1 amide bonds. The highest BCUT2D eigenvalue weighted by Gasteiger charge is 2.20. The first-order valence-electron chi connectivity index (χ1n) is 3.89. The van der Waals surface area contributed by atoms with Gasteiger partial charge in [-0.3, -0.25) is 4.79 Å². The molecule has 70 valence electrons. The molecule has 0 unspecified atom stereocenters. The van der Waals surface area contributed by atoms with Crippen LogP contribution < -0.4 is 5.32 Å². The van der Waals surface area contributed by atoms with E-state index in [0.717, 1.165) is 0 Å². The zero-order chi connectivity index (χ0) is 9.84. The second-order valence-corrected chi connectivity index (χ2v) is 2.79. The SMILES string of the molecule is CN(C)C(=O)/C(C#N)=C1\NCCO1. The molecule has 0 bridgehead atoms. The third-order valence-electron chi connectivity index (χ3n) is 1.59. The van der Waals surface area contributed by atoms with Gasteiger partial charge in [-0.05, 0) is 0 Å². The number of nitriles is 1. The van der Waals surface area contributed by atoms with E-state index in [1.165, 1.54) is 4.90 Å². The Balaban J connectivity index is 2.90. The quantitative estimate of drug-likeness (QED) is 0.434. The standard InChI is InChI=1S/C8H11N3O2/c1-11(2)8(12)6(5-9)7-10-3-4-13-7/h10H,3-4H2,1-2H3/b7-6+. The Morgan fingerprint density at radius 1 is 1.69 bits per heavy atom. The van der Waals surface area contributed by atoms with Crippen molar-refractivity contribution >= 4 is 5.91 Å². The summed E-state index contributed by atoms with van der Waals surface area (Å²) in [5, 5.41) is 11.6. The molecule has 0 aliphatic carbocycles. The molecule has 0 atom stereocenters. The van der Waals surface area contributed by atoms with Gasteiger partial charge in [-0.2, -0.15) is 5.26 Å². The van der Waals surface area contributed by atoms with Crippen molar-refractivity contribution in [1.29, 1.82) is 5.26 Å². The van der Waals surface area contributed by atoms with Crippen LogP contribution in [-0.2, 0) is 9.53 Å². The van der Waals surface area contributed by atoms with Crippen molar-refractivity contribution in [2.75, 3.05) is 27.2 Å². The zero-order valence-electron chi connectivity index (χ0n) is 7.63. The highest BCUT2D eigenvalue weighted by Crippen LogP contribution is 2.08. The van der Waals surface area contributed by atoms with Gasteiger partial charge in [-0.25, -0.2) is 0 Å². The molecule has 5 nitrogen and oxygen atoms in total. The highest BCUT2D eigenvalue weighted by atomic mass is 16.5. The van der Waals surface area contributed by atoms with Crippen LogP contribution in [0.3, 0.4) is 0 Å². The molecular formula is C8H11N3O2. The van der Waals surface area contributed by atoms with Gasteiger partial charge < -0.3 is 15.0 Å². The van der Waals surface area contributed by atoms with E-state index in [1.807, 2.05) is 6.07 Å². The molecule has 5 heteroatoms. The van der Waals surface area contributed by atoms with Gasteiger partial charge in [0.25, 0.3) is 5.91 Å². The molecule has 1 rings (SSSR count). The smallest absolute Gasteiger partial charge is 0.269 e. The number of likely N-dealkylation sites (N-methyl/N-ethyl adjacent to an activating group) is 1. The van der Waals surface area contributed by atoms with Crippen LogP contribution >= 0.6 is 0 Å². The van der Waals surface area contributed by atoms with Crippen molar-refractivity contribution in [3.05, 3.63) is 11.5 Å². The van der Waals surface area contributed by atoms with Crippen LogP contribution in [0.5, 0.6) is 0 Å². The maximum Gasteiger partial charge on any atom is 0.269 e. The number of carbonyl (C=O) groups excluding carboxylic acids is 1. The minimum absolute atomic E-state index is 0.0301. The van der Waals surface area contributed by atoms with Gasteiger partial charge in [-0.1, -0.05) is 0 Å². The topological polar surface area (TPSA) is 65.4 Å². The Labute approximate surface area is 76.6 Å². The van der Waals surface area contributed by atoms with Crippen molar-refractivity contribution in [1.82, 2.24) is 10.2 Å². The molecule has 0 radical (unpaired) electrons. The predicted octanol–water partition coefficient (Wildman–Crippen LogP) is -0.570. The van der Waals surface area contributed by atoms with Gasteiger partial charge in [0.05, 0.1) is 6.54 Å². The highest BCUT2D eigenvalue weighted by molar-refractivity contribution is 5.97. The number of hydrogen-bond acceptors (Lipinski definition) is 4. The van der Waals surface area contributed by atoms with E-state index in [0.29, 0.717) is 19.0 Å². The molecule has 0 aromatic heterocycles. The van der Waals surface area contributed by atoms with Crippen molar-refractivity contribution < 1.29 is 9.53 Å². The molecule has 0 aromatic rings. The molecule has 0 spiro atoms. The molecule has 1 aliphatic rings. The van der Waals surface area contributed by atoms with Crippen LogP contribution in [0.15, 0.2) is 11.5 Å². The Hall–Kier alpha value is -1.70. The summed E-state index contributed by atoms with van der Waals surface area (Å²) in [5.74, 6) is -0.0481. The second kappa shape index (κ2) is 3.81. The minimum atomic E-state index is -0.341. The molecule has 1 aliphatic heterocycles. The van der Waals surface area contributed by atoms with Gasteiger partial charge in [0, 0.05) is 14.1 Å². The van der Waals surface area contributed by atoms with Crippen molar-refractivity contribution in [2.24, 2.45) is 0 Å². The number of nitrogens with zero attached hydrogens (tertiary/aromatic N) is 2. The van der Waals surface area contributed by atoms with E-state index in [-0.39, 0.29) is 11.5 Å². The van der Waals surface area contributed by atoms with E-state index < -0.39 is 0 Å². The van der Waals surface area contributed by atoms with Crippen LogP contribution in [0, 0.1) is 11.3 Å². The van der Waals surface area contributed by atoms with Gasteiger partial charge in [-0.15, -0.1) is 0 Å². The van der Waals surface area contributed by atoms with Crippen LogP contribution in [0.4, 0.5) is 0 Å². The Bertz CT molecular complexity index is 280. The number of hydrogen-bond donors (Lipinski definition) is 1. The summed E-state index contributed by atoms with van der Waals surface area (Å²) in [6, 6.07) is 1.83. The molecule has 1 fully saturated rings. The lowest BCUT2D eigenvalue weighted by atomic mass is 10.2. The van der Waals surface area contributed by atoms with E-state index in [1.54, 1.807) is 14.1 Å². The predicted molar refractivity (Wildman–Crippen MR) is 45.3 cm³/mol. The third-order valence-corrected chi connectivity index (χ3v) is 1.59. The number of ether oxygens (including phenoxy) is 1. The number of carbonyl (C=O) groups is 1. The lowest BCUT2D eigenvalue weighted by molar-refractivity contribution is -0.124. The first-order chi connectivity index (χ1) is 6.16. The minimum Gasteiger partial charge on any atom is -0.476 e. The summed E-state index contributed by atoms with van der Waals surface area (Å²) in [6.45, 7) is 1.14. The maximum absolute atomic E-state index is 11.4. The van der Waals surface area contributed by atoms with E-state index in [9.17, 15) is 4.79 Å². The fourth-order valence-corrected chi connectivity index (χ4v) is 0.949. The summed E-state index contributed by atoms with van der Waals surface area (Å²) in [4.78, 5) is 12.7. The van der Waals surface area contributed by atoms with Crippen LogP contribution in [0.1, 0.15) is 0 Å². The first-order valence-corrected chi connectivity index (χ1v) is 3.89. The van der Waals surface area contributed by atoms with E-state index in [4.69, 9.17) is 10.00 Å².